The van der Waals surface area contributed by atoms with Crippen LogP contribution in [0.1, 0.15) is 5.56 Å². The highest BCUT2D eigenvalue weighted by molar-refractivity contribution is 9.10. The molecule has 2 rings (SSSR count). The number of halogens is 1. The monoisotopic (exact) mass is 341 g/mol. The van der Waals surface area contributed by atoms with Gasteiger partial charge in [0.25, 0.3) is 10.0 Å². The first kappa shape index (κ1) is 14.0. The smallest absolute Gasteiger partial charge is 0.279 e. The van der Waals surface area contributed by atoms with Gasteiger partial charge in [-0.2, -0.15) is 8.42 Å². The SMILES string of the molecule is NCc1ccc(S(=O)(=O)Nc2cccc(Br)c2)nc1. The second-order valence-electron chi connectivity index (χ2n) is 3.82. The molecule has 0 spiro atoms. The van der Waals surface area contributed by atoms with E-state index < -0.39 is 10.0 Å². The number of nitrogens with zero attached hydrogens (tertiary/aromatic N) is 1. The van der Waals surface area contributed by atoms with Crippen molar-refractivity contribution < 1.29 is 8.42 Å². The third-order valence-corrected chi connectivity index (χ3v) is 4.18. The maximum absolute atomic E-state index is 12.1. The van der Waals surface area contributed by atoms with Gasteiger partial charge in [0.2, 0.25) is 0 Å². The van der Waals surface area contributed by atoms with Gasteiger partial charge in [0.1, 0.15) is 0 Å². The lowest BCUT2D eigenvalue weighted by molar-refractivity contribution is 0.597. The number of aromatic nitrogens is 1. The predicted molar refractivity (Wildman–Crippen MR) is 77.1 cm³/mol. The molecule has 0 unspecified atom stereocenters. The molecule has 0 saturated heterocycles. The highest BCUT2D eigenvalue weighted by Gasteiger charge is 2.15. The second-order valence-corrected chi connectivity index (χ2v) is 6.37. The third-order valence-electron chi connectivity index (χ3n) is 2.39. The van der Waals surface area contributed by atoms with E-state index in [0.717, 1.165) is 10.0 Å². The van der Waals surface area contributed by atoms with Crippen molar-refractivity contribution in [3.63, 3.8) is 0 Å². The van der Waals surface area contributed by atoms with Crippen molar-refractivity contribution in [2.75, 3.05) is 4.72 Å². The van der Waals surface area contributed by atoms with Crippen LogP contribution in [0.3, 0.4) is 0 Å². The minimum Gasteiger partial charge on any atom is -0.326 e. The zero-order valence-corrected chi connectivity index (χ0v) is 12.3. The van der Waals surface area contributed by atoms with Gasteiger partial charge in [-0.05, 0) is 29.8 Å². The van der Waals surface area contributed by atoms with Crippen molar-refractivity contribution in [3.05, 3.63) is 52.6 Å². The number of pyridine rings is 1. The molecule has 0 bridgehead atoms. The summed E-state index contributed by atoms with van der Waals surface area (Å²) in [7, 11) is -3.68. The van der Waals surface area contributed by atoms with Crippen LogP contribution in [0.5, 0.6) is 0 Å². The van der Waals surface area contributed by atoms with Crippen molar-refractivity contribution >= 4 is 31.6 Å². The number of hydrogen-bond donors (Lipinski definition) is 2. The number of nitrogens with one attached hydrogen (secondary N) is 1. The predicted octanol–water partition coefficient (Wildman–Crippen LogP) is 2.10. The molecule has 1 aromatic heterocycles. The van der Waals surface area contributed by atoms with Crippen molar-refractivity contribution in [2.45, 2.75) is 11.6 Å². The number of hydrogen-bond acceptors (Lipinski definition) is 4. The molecule has 5 nitrogen and oxygen atoms in total. The fraction of sp³-hybridized carbons (Fsp3) is 0.0833. The Morgan fingerprint density at radius 2 is 2.05 bits per heavy atom. The quantitative estimate of drug-likeness (QED) is 0.891. The lowest BCUT2D eigenvalue weighted by Gasteiger charge is -2.08. The lowest BCUT2D eigenvalue weighted by atomic mass is 10.3. The Balaban J connectivity index is 2.27. The van der Waals surface area contributed by atoms with Gasteiger partial charge in [0, 0.05) is 22.9 Å². The number of nitrogens with two attached hydrogens (primary N) is 1. The highest BCUT2D eigenvalue weighted by Crippen LogP contribution is 2.19. The van der Waals surface area contributed by atoms with Crippen LogP contribution in [-0.4, -0.2) is 13.4 Å². The standard InChI is InChI=1S/C12H12BrN3O2S/c13-10-2-1-3-11(6-10)16-19(17,18)12-5-4-9(7-14)8-15-12/h1-6,8,16H,7,14H2. The molecule has 0 amide bonds. The van der Waals surface area contributed by atoms with Crippen LogP contribution in [0.4, 0.5) is 5.69 Å². The van der Waals surface area contributed by atoms with E-state index >= 15 is 0 Å². The molecule has 0 fully saturated rings. The van der Waals surface area contributed by atoms with Gasteiger partial charge in [-0.1, -0.05) is 28.1 Å². The summed E-state index contributed by atoms with van der Waals surface area (Å²) in [5.74, 6) is 0. The summed E-state index contributed by atoms with van der Waals surface area (Å²) in [5.41, 5.74) is 6.69. The molecule has 0 aliphatic carbocycles. The summed E-state index contributed by atoms with van der Waals surface area (Å²) in [6, 6.07) is 9.96. The van der Waals surface area contributed by atoms with Crippen molar-refractivity contribution in [1.82, 2.24) is 4.98 Å². The first-order valence-corrected chi connectivity index (χ1v) is 7.72. The fourth-order valence-electron chi connectivity index (χ4n) is 1.45. The average Bonchev–Trinajstić information content (AvgIpc) is 2.38. The molecule has 0 atom stereocenters. The second kappa shape index (κ2) is 5.68. The summed E-state index contributed by atoms with van der Waals surface area (Å²) >= 11 is 3.28. The van der Waals surface area contributed by atoms with E-state index in [1.54, 1.807) is 24.3 Å². The largest absolute Gasteiger partial charge is 0.326 e. The minimum absolute atomic E-state index is 0.0373. The van der Waals surface area contributed by atoms with Crippen LogP contribution in [-0.2, 0) is 16.6 Å². The van der Waals surface area contributed by atoms with Gasteiger partial charge >= 0.3 is 0 Å². The molecule has 3 N–H and O–H groups in total. The van der Waals surface area contributed by atoms with E-state index in [9.17, 15) is 8.42 Å². The summed E-state index contributed by atoms with van der Waals surface area (Å²) in [4.78, 5) is 3.90. The molecule has 0 saturated carbocycles. The van der Waals surface area contributed by atoms with Gasteiger partial charge in [0.05, 0.1) is 0 Å². The Morgan fingerprint density at radius 3 is 2.63 bits per heavy atom. The van der Waals surface area contributed by atoms with Crippen molar-refractivity contribution in [1.29, 1.82) is 0 Å². The van der Waals surface area contributed by atoms with Crippen LogP contribution < -0.4 is 10.5 Å². The van der Waals surface area contributed by atoms with Gasteiger partial charge < -0.3 is 5.73 Å². The lowest BCUT2D eigenvalue weighted by Crippen LogP contribution is -2.14. The molecule has 0 aliphatic heterocycles. The van der Waals surface area contributed by atoms with Gasteiger partial charge in [-0.25, -0.2) is 4.98 Å². The number of sulfonamides is 1. The van der Waals surface area contributed by atoms with Crippen molar-refractivity contribution in [3.8, 4) is 0 Å². The topological polar surface area (TPSA) is 85.1 Å². The van der Waals surface area contributed by atoms with Crippen LogP contribution in [0.25, 0.3) is 0 Å². The Kier molecular flexibility index (Phi) is 4.18. The Morgan fingerprint density at radius 1 is 1.26 bits per heavy atom. The Bertz CT molecular complexity index is 672. The van der Waals surface area contributed by atoms with Crippen molar-refractivity contribution in [2.24, 2.45) is 5.73 Å². The van der Waals surface area contributed by atoms with Gasteiger partial charge in [-0.3, -0.25) is 4.72 Å². The normalized spacial score (nSPS) is 11.3. The minimum atomic E-state index is -3.68. The fourth-order valence-corrected chi connectivity index (χ4v) is 2.83. The van der Waals surface area contributed by atoms with Gasteiger partial charge in [-0.15, -0.1) is 0 Å². The summed E-state index contributed by atoms with van der Waals surface area (Å²) < 4.78 is 27.4. The van der Waals surface area contributed by atoms with E-state index in [0.29, 0.717) is 12.2 Å². The molecule has 100 valence electrons. The molecule has 7 heteroatoms. The van der Waals surface area contributed by atoms with Crippen LogP contribution in [0, 0.1) is 0 Å². The molecular weight excluding hydrogens is 330 g/mol. The van der Waals surface area contributed by atoms with E-state index in [1.807, 2.05) is 6.07 Å². The van der Waals surface area contributed by atoms with Gasteiger partial charge in [0.15, 0.2) is 5.03 Å². The third kappa shape index (κ3) is 3.52. The molecular formula is C12H12BrN3O2S. The maximum atomic E-state index is 12.1. The number of benzene rings is 1. The average molecular weight is 342 g/mol. The molecule has 2 aromatic rings. The molecule has 0 radical (unpaired) electrons. The van der Waals surface area contributed by atoms with E-state index in [-0.39, 0.29) is 5.03 Å². The number of anilines is 1. The first-order valence-electron chi connectivity index (χ1n) is 5.44. The summed E-state index contributed by atoms with van der Waals surface area (Å²) in [6.07, 6.45) is 1.45. The van der Waals surface area contributed by atoms with Crippen LogP contribution >= 0.6 is 15.9 Å². The summed E-state index contributed by atoms with van der Waals surface area (Å²) in [6.45, 7) is 0.326. The van der Waals surface area contributed by atoms with Crippen LogP contribution in [0.15, 0.2) is 52.1 Å². The van der Waals surface area contributed by atoms with Crippen LogP contribution in [0.2, 0.25) is 0 Å². The first-order chi connectivity index (χ1) is 9.01. The number of rotatable bonds is 4. The zero-order chi connectivity index (χ0) is 13.9. The molecule has 1 heterocycles. The maximum Gasteiger partial charge on any atom is 0.279 e. The Hall–Kier alpha value is -1.44. The zero-order valence-electron chi connectivity index (χ0n) is 9.88. The molecule has 0 aliphatic rings. The van der Waals surface area contributed by atoms with E-state index in [4.69, 9.17) is 5.73 Å². The summed E-state index contributed by atoms with van der Waals surface area (Å²) in [5, 5.41) is -0.0373. The molecule has 1 aromatic carbocycles. The van der Waals surface area contributed by atoms with E-state index in [1.165, 1.54) is 12.3 Å². The Labute approximate surface area is 120 Å². The van der Waals surface area contributed by atoms with E-state index in [2.05, 4.69) is 25.6 Å². The molecule has 19 heavy (non-hydrogen) atoms. The highest BCUT2D eigenvalue weighted by atomic mass is 79.9.